The molecule has 0 aromatic carbocycles. The summed E-state index contributed by atoms with van der Waals surface area (Å²) in [4.78, 5) is 54.2. The molecule has 3 aliphatic heterocycles. The number of carbonyl (C=O) groups excluding carboxylic acids is 4. The number of hydrogen-bond acceptors (Lipinski definition) is 8. The quantitative estimate of drug-likeness (QED) is 0.392. The lowest BCUT2D eigenvalue weighted by Gasteiger charge is -2.40. The van der Waals surface area contributed by atoms with Crippen LogP contribution in [0.1, 0.15) is 47.0 Å². The summed E-state index contributed by atoms with van der Waals surface area (Å²) in [5.41, 5.74) is -0.563. The summed E-state index contributed by atoms with van der Waals surface area (Å²) in [7, 11) is 1.27. The highest BCUT2D eigenvalue weighted by molar-refractivity contribution is 5.91. The third kappa shape index (κ3) is 3.80. The SMILES string of the molecule is COC(=O)C1C2CC3C1C(=O)N(C(C)(C)C)C3C2OC(=O)C1C2CCC(O2)C1C(=O)OCC(C)(F)F. The van der Waals surface area contributed by atoms with Gasteiger partial charge in [-0.1, -0.05) is 0 Å². The highest BCUT2D eigenvalue weighted by Gasteiger charge is 2.72. The summed E-state index contributed by atoms with van der Waals surface area (Å²) in [5.74, 6) is -9.20. The normalized spacial score (nSPS) is 40.6. The number of nitrogens with zero attached hydrogens (tertiary/aromatic N) is 1. The molecule has 1 amide bonds. The Morgan fingerprint density at radius 1 is 0.972 bits per heavy atom. The van der Waals surface area contributed by atoms with Crippen molar-refractivity contribution in [2.45, 2.75) is 82.8 Å². The van der Waals surface area contributed by atoms with Crippen molar-refractivity contribution in [3.8, 4) is 0 Å². The van der Waals surface area contributed by atoms with Crippen molar-refractivity contribution >= 4 is 23.8 Å². The molecule has 200 valence electrons. The molecule has 4 bridgehead atoms. The number of fused-ring (bicyclic) bond motifs is 3. The first-order valence-corrected chi connectivity index (χ1v) is 12.6. The zero-order chi connectivity index (χ0) is 26.3. The summed E-state index contributed by atoms with van der Waals surface area (Å²) in [6.07, 6.45) is -0.311. The Labute approximate surface area is 208 Å². The van der Waals surface area contributed by atoms with E-state index in [9.17, 15) is 28.0 Å². The number of alkyl halides is 2. The first kappa shape index (κ1) is 25.4. The van der Waals surface area contributed by atoms with Gasteiger partial charge in [-0.3, -0.25) is 19.2 Å². The molecule has 10 unspecified atom stereocenters. The summed E-state index contributed by atoms with van der Waals surface area (Å²) in [6, 6.07) is -0.388. The number of methoxy groups -OCH3 is 1. The van der Waals surface area contributed by atoms with E-state index in [1.54, 1.807) is 4.90 Å². The highest BCUT2D eigenvalue weighted by Crippen LogP contribution is 2.61. The summed E-state index contributed by atoms with van der Waals surface area (Å²) < 4.78 is 48.3. The van der Waals surface area contributed by atoms with Gasteiger partial charge >= 0.3 is 17.9 Å². The van der Waals surface area contributed by atoms with Crippen molar-refractivity contribution in [3.05, 3.63) is 0 Å². The number of amides is 1. The van der Waals surface area contributed by atoms with Gasteiger partial charge in [-0.2, -0.15) is 0 Å². The van der Waals surface area contributed by atoms with Crippen LogP contribution >= 0.6 is 0 Å². The predicted molar refractivity (Wildman–Crippen MR) is 117 cm³/mol. The maximum atomic E-state index is 13.6. The summed E-state index contributed by atoms with van der Waals surface area (Å²) >= 11 is 0. The van der Waals surface area contributed by atoms with Gasteiger partial charge in [0, 0.05) is 18.4 Å². The fourth-order valence-electron chi connectivity index (χ4n) is 7.49. The second kappa shape index (κ2) is 8.36. The van der Waals surface area contributed by atoms with Crippen molar-refractivity contribution in [2.24, 2.45) is 35.5 Å². The highest BCUT2D eigenvalue weighted by atomic mass is 19.3. The molecule has 10 atom stereocenters. The first-order chi connectivity index (χ1) is 16.7. The van der Waals surface area contributed by atoms with Crippen LogP contribution in [0.3, 0.4) is 0 Å². The molecule has 36 heavy (non-hydrogen) atoms. The van der Waals surface area contributed by atoms with Gasteiger partial charge in [0.15, 0.2) is 6.61 Å². The Bertz CT molecular complexity index is 974. The Balaban J connectivity index is 1.40. The predicted octanol–water partition coefficient (Wildman–Crippen LogP) is 1.95. The largest absolute Gasteiger partial charge is 0.469 e. The average molecular weight is 514 g/mol. The molecule has 5 aliphatic rings. The van der Waals surface area contributed by atoms with Crippen molar-refractivity contribution in [2.75, 3.05) is 13.7 Å². The zero-order valence-electron chi connectivity index (χ0n) is 21.1. The van der Waals surface area contributed by atoms with Crippen LogP contribution < -0.4 is 0 Å². The maximum absolute atomic E-state index is 13.6. The van der Waals surface area contributed by atoms with Gasteiger partial charge < -0.3 is 23.8 Å². The second-order valence-corrected chi connectivity index (χ2v) is 11.9. The molecule has 5 fully saturated rings. The molecule has 0 spiro atoms. The van der Waals surface area contributed by atoms with Crippen molar-refractivity contribution < 1.29 is 46.9 Å². The van der Waals surface area contributed by atoms with E-state index in [0.29, 0.717) is 26.2 Å². The number of rotatable bonds is 6. The minimum atomic E-state index is -3.20. The molecular formula is C25H33F2NO8. The number of hydrogen-bond donors (Lipinski definition) is 0. The van der Waals surface area contributed by atoms with Gasteiger partial charge in [0.25, 0.3) is 5.92 Å². The van der Waals surface area contributed by atoms with E-state index in [-0.39, 0.29) is 23.8 Å². The molecule has 0 aromatic rings. The first-order valence-electron chi connectivity index (χ1n) is 12.6. The van der Waals surface area contributed by atoms with Crippen LogP contribution in [0.4, 0.5) is 8.78 Å². The molecule has 3 heterocycles. The molecular weight excluding hydrogens is 480 g/mol. The topological polar surface area (TPSA) is 108 Å². The van der Waals surface area contributed by atoms with Gasteiger partial charge in [-0.25, -0.2) is 8.78 Å². The second-order valence-electron chi connectivity index (χ2n) is 11.9. The Hall–Kier alpha value is -2.30. The summed E-state index contributed by atoms with van der Waals surface area (Å²) in [6.45, 7) is 5.26. The van der Waals surface area contributed by atoms with Crippen molar-refractivity contribution in [3.63, 3.8) is 0 Å². The van der Waals surface area contributed by atoms with Crippen LogP contribution in [0.2, 0.25) is 0 Å². The van der Waals surface area contributed by atoms with Gasteiger partial charge in [0.2, 0.25) is 5.91 Å². The van der Waals surface area contributed by atoms with Crippen LogP contribution in [0.5, 0.6) is 0 Å². The molecule has 2 saturated carbocycles. The monoisotopic (exact) mass is 513 g/mol. The molecule has 0 radical (unpaired) electrons. The van der Waals surface area contributed by atoms with Gasteiger partial charge in [-0.15, -0.1) is 0 Å². The summed E-state index contributed by atoms with van der Waals surface area (Å²) in [5, 5.41) is 0. The third-order valence-corrected chi connectivity index (χ3v) is 8.61. The van der Waals surface area contributed by atoms with Gasteiger partial charge in [0.05, 0.1) is 49.0 Å². The minimum absolute atomic E-state index is 0.140. The Morgan fingerprint density at radius 2 is 1.58 bits per heavy atom. The van der Waals surface area contributed by atoms with E-state index in [1.807, 2.05) is 20.8 Å². The van der Waals surface area contributed by atoms with E-state index in [1.165, 1.54) is 7.11 Å². The van der Waals surface area contributed by atoms with Crippen LogP contribution in [0.25, 0.3) is 0 Å². The number of ether oxygens (including phenoxy) is 4. The number of halogens is 2. The zero-order valence-corrected chi connectivity index (χ0v) is 21.1. The number of likely N-dealkylation sites (tertiary alicyclic amines) is 1. The van der Waals surface area contributed by atoms with Gasteiger partial charge in [-0.05, 0) is 46.0 Å². The van der Waals surface area contributed by atoms with Crippen LogP contribution in [-0.4, -0.2) is 78.2 Å². The molecule has 11 heteroatoms. The molecule has 9 nitrogen and oxygen atoms in total. The van der Waals surface area contributed by atoms with Crippen LogP contribution in [-0.2, 0) is 38.1 Å². The lowest BCUT2D eigenvalue weighted by Crippen LogP contribution is -2.53. The van der Waals surface area contributed by atoms with E-state index >= 15 is 0 Å². The third-order valence-electron chi connectivity index (χ3n) is 8.61. The van der Waals surface area contributed by atoms with E-state index in [2.05, 4.69) is 0 Å². The van der Waals surface area contributed by atoms with E-state index in [0.717, 1.165) is 0 Å². The molecule has 5 rings (SSSR count). The Morgan fingerprint density at radius 3 is 2.14 bits per heavy atom. The van der Waals surface area contributed by atoms with Gasteiger partial charge in [0.1, 0.15) is 6.10 Å². The average Bonchev–Trinajstić information content (AvgIpc) is 3.56. The Kier molecular flexibility index (Phi) is 5.89. The fraction of sp³-hybridized carbons (Fsp3) is 0.840. The van der Waals surface area contributed by atoms with Crippen LogP contribution in [0.15, 0.2) is 0 Å². The minimum Gasteiger partial charge on any atom is -0.469 e. The van der Waals surface area contributed by atoms with Crippen molar-refractivity contribution in [1.82, 2.24) is 4.90 Å². The smallest absolute Gasteiger partial charge is 0.312 e. The maximum Gasteiger partial charge on any atom is 0.312 e. The standard InChI is InChI=1S/C25H33F2NO8/c1-24(2,3)28-18-10-8-11(15(21(30)33-5)14(10)20(28)29)19(18)36-23(32)17-13-7-6-12(35-13)16(17)22(31)34-9-25(4,26)27/h10-19H,6-9H2,1-5H3. The lowest BCUT2D eigenvalue weighted by molar-refractivity contribution is -0.174. The molecule has 3 saturated heterocycles. The van der Waals surface area contributed by atoms with E-state index < -0.39 is 78.0 Å². The molecule has 0 aromatic heterocycles. The van der Waals surface area contributed by atoms with Crippen molar-refractivity contribution in [1.29, 1.82) is 0 Å². The van der Waals surface area contributed by atoms with E-state index in [4.69, 9.17) is 18.9 Å². The molecule has 2 aliphatic carbocycles. The lowest BCUT2D eigenvalue weighted by atomic mass is 9.77. The fourth-order valence-corrected chi connectivity index (χ4v) is 7.49. The number of carbonyl (C=O) groups is 4. The number of esters is 3. The molecule has 0 N–H and O–H groups in total. The van der Waals surface area contributed by atoms with Crippen LogP contribution in [0, 0.1) is 35.5 Å².